The Balaban J connectivity index is 2.17. The first kappa shape index (κ1) is 22.1. The van der Waals surface area contributed by atoms with Gasteiger partial charge in [0.25, 0.3) is 0 Å². The Bertz CT molecular complexity index is 885. The maximum atomic E-state index is 13.5. The second-order valence-electron chi connectivity index (χ2n) is 6.86. The molecule has 0 aliphatic rings. The minimum Gasteiger partial charge on any atom is -0.467 e. The number of carbonyl (C=O) groups is 3. The van der Waals surface area contributed by atoms with E-state index in [0.29, 0.717) is 5.56 Å². The summed E-state index contributed by atoms with van der Waals surface area (Å²) in [4.78, 5) is 36.6. The van der Waals surface area contributed by atoms with Gasteiger partial charge in [0, 0.05) is 19.8 Å². The number of hydrogen-bond acceptors (Lipinski definition) is 4. The highest BCUT2D eigenvalue weighted by Gasteiger charge is 2.27. The molecule has 2 aromatic rings. The maximum Gasteiger partial charge on any atom is 0.328 e. The fourth-order valence-electron chi connectivity index (χ4n) is 3.04. The molecule has 29 heavy (non-hydrogen) atoms. The van der Waals surface area contributed by atoms with Crippen molar-refractivity contribution in [3.63, 3.8) is 0 Å². The van der Waals surface area contributed by atoms with E-state index in [0.717, 1.165) is 11.1 Å². The van der Waals surface area contributed by atoms with Gasteiger partial charge < -0.3 is 15.4 Å². The Morgan fingerprint density at radius 3 is 2.17 bits per heavy atom. The normalized spacial score (nSPS) is 12.6. The summed E-state index contributed by atoms with van der Waals surface area (Å²) in [5.74, 6) is -1.98. The smallest absolute Gasteiger partial charge is 0.328 e. The van der Waals surface area contributed by atoms with Crippen LogP contribution in [0.1, 0.15) is 23.6 Å². The molecule has 0 fully saturated rings. The molecule has 154 valence electrons. The fourth-order valence-corrected chi connectivity index (χ4v) is 3.04. The van der Waals surface area contributed by atoms with Crippen LogP contribution in [0.3, 0.4) is 0 Å². The Hall–Kier alpha value is -3.22. The third-order valence-electron chi connectivity index (χ3n) is 4.35. The zero-order valence-corrected chi connectivity index (χ0v) is 16.7. The minimum absolute atomic E-state index is 0.0848. The maximum absolute atomic E-state index is 13.5. The third kappa shape index (κ3) is 7.03. The summed E-state index contributed by atoms with van der Waals surface area (Å²) in [6.07, 6.45) is 0.328. The summed E-state index contributed by atoms with van der Waals surface area (Å²) in [7, 11) is 1.25. The average molecular weight is 400 g/mol. The Kier molecular flexibility index (Phi) is 7.88. The molecule has 0 saturated carbocycles. The van der Waals surface area contributed by atoms with Crippen molar-refractivity contribution in [1.29, 1.82) is 0 Å². The van der Waals surface area contributed by atoms with Gasteiger partial charge in [-0.2, -0.15) is 0 Å². The highest BCUT2D eigenvalue weighted by molar-refractivity contribution is 5.90. The van der Waals surface area contributed by atoms with Crippen molar-refractivity contribution in [3.8, 4) is 0 Å². The molecule has 0 unspecified atom stereocenters. The predicted molar refractivity (Wildman–Crippen MR) is 107 cm³/mol. The van der Waals surface area contributed by atoms with Crippen molar-refractivity contribution < 1.29 is 23.5 Å². The lowest BCUT2D eigenvalue weighted by Crippen LogP contribution is -2.53. The van der Waals surface area contributed by atoms with E-state index in [9.17, 15) is 18.8 Å². The first-order valence-electron chi connectivity index (χ1n) is 9.23. The molecule has 6 nitrogen and oxygen atoms in total. The summed E-state index contributed by atoms with van der Waals surface area (Å²) in [6.45, 7) is 3.22. The summed E-state index contributed by atoms with van der Waals surface area (Å²) in [5.41, 5.74) is 2.44. The van der Waals surface area contributed by atoms with Crippen molar-refractivity contribution in [3.05, 3.63) is 71.0 Å². The van der Waals surface area contributed by atoms with E-state index >= 15 is 0 Å². The molecule has 0 aliphatic carbocycles. The van der Waals surface area contributed by atoms with Crippen LogP contribution in [-0.2, 0) is 32.0 Å². The largest absolute Gasteiger partial charge is 0.467 e. The molecular weight excluding hydrogens is 375 g/mol. The van der Waals surface area contributed by atoms with Gasteiger partial charge in [0.15, 0.2) is 0 Å². The number of benzene rings is 2. The summed E-state index contributed by atoms with van der Waals surface area (Å²) in [6, 6.07) is 11.5. The number of nitrogens with one attached hydrogen (secondary N) is 2. The number of halogens is 1. The Morgan fingerprint density at radius 2 is 1.59 bits per heavy atom. The van der Waals surface area contributed by atoms with E-state index in [1.807, 2.05) is 31.2 Å². The van der Waals surface area contributed by atoms with Crippen LogP contribution in [-0.4, -0.2) is 37.0 Å². The van der Waals surface area contributed by atoms with E-state index in [1.54, 1.807) is 6.07 Å². The number of hydrogen-bond donors (Lipinski definition) is 2. The van der Waals surface area contributed by atoms with E-state index in [1.165, 1.54) is 32.2 Å². The van der Waals surface area contributed by atoms with Gasteiger partial charge >= 0.3 is 5.97 Å². The second-order valence-corrected chi connectivity index (χ2v) is 6.86. The fraction of sp³-hybridized carbons (Fsp3) is 0.318. The van der Waals surface area contributed by atoms with E-state index in [2.05, 4.69) is 10.6 Å². The Labute approximate surface area is 169 Å². The molecule has 2 amide bonds. The number of aryl methyl sites for hydroxylation is 1. The van der Waals surface area contributed by atoms with Crippen LogP contribution in [0.15, 0.2) is 48.5 Å². The molecular formula is C22H25FN2O4. The van der Waals surface area contributed by atoms with Gasteiger partial charge in [0.05, 0.1) is 7.11 Å². The summed E-state index contributed by atoms with van der Waals surface area (Å²) < 4.78 is 18.3. The van der Waals surface area contributed by atoms with Crippen LogP contribution < -0.4 is 10.6 Å². The van der Waals surface area contributed by atoms with Gasteiger partial charge in [0.1, 0.15) is 17.9 Å². The molecule has 0 aliphatic heterocycles. The van der Waals surface area contributed by atoms with Crippen LogP contribution in [0, 0.1) is 12.7 Å². The van der Waals surface area contributed by atoms with Crippen LogP contribution >= 0.6 is 0 Å². The van der Waals surface area contributed by atoms with Gasteiger partial charge in [0.2, 0.25) is 11.8 Å². The van der Waals surface area contributed by atoms with Crippen molar-refractivity contribution in [1.82, 2.24) is 10.6 Å². The number of ether oxygens (including phenoxy) is 1. The quantitative estimate of drug-likeness (QED) is 0.665. The molecule has 7 heteroatoms. The molecule has 0 saturated heterocycles. The SMILES string of the molecule is COC(=O)[C@H](Cc1cccc(C)c1)NC(=O)[C@@H](Cc1cccc(F)c1)NC(C)=O. The van der Waals surface area contributed by atoms with Crippen LogP contribution in [0.5, 0.6) is 0 Å². The lowest BCUT2D eigenvalue weighted by atomic mass is 10.0. The molecule has 0 spiro atoms. The number of carbonyl (C=O) groups excluding carboxylic acids is 3. The lowest BCUT2D eigenvalue weighted by Gasteiger charge is -2.22. The number of amides is 2. The van der Waals surface area contributed by atoms with Crippen molar-refractivity contribution in [2.24, 2.45) is 0 Å². The summed E-state index contributed by atoms with van der Waals surface area (Å²) in [5, 5.41) is 5.21. The monoisotopic (exact) mass is 400 g/mol. The van der Waals surface area contributed by atoms with Crippen molar-refractivity contribution in [2.45, 2.75) is 38.8 Å². The average Bonchev–Trinajstić information content (AvgIpc) is 2.66. The Morgan fingerprint density at radius 1 is 0.966 bits per heavy atom. The molecule has 2 N–H and O–H groups in total. The van der Waals surface area contributed by atoms with Gasteiger partial charge in [-0.25, -0.2) is 9.18 Å². The van der Waals surface area contributed by atoms with Gasteiger partial charge in [-0.15, -0.1) is 0 Å². The molecule has 2 rings (SSSR count). The molecule has 0 radical (unpaired) electrons. The standard InChI is InChI=1S/C22H25FN2O4/c1-14-6-4-7-16(10-14)13-20(22(28)29-3)25-21(27)19(24-15(2)26)12-17-8-5-9-18(23)11-17/h4-11,19-20H,12-13H2,1-3H3,(H,24,26)(H,25,27)/t19-,20+/m1/s1. The van der Waals surface area contributed by atoms with Gasteiger partial charge in [-0.05, 0) is 30.2 Å². The zero-order valence-electron chi connectivity index (χ0n) is 16.7. The molecule has 0 bridgehead atoms. The highest BCUT2D eigenvalue weighted by atomic mass is 19.1. The highest BCUT2D eigenvalue weighted by Crippen LogP contribution is 2.10. The van der Waals surface area contributed by atoms with E-state index in [4.69, 9.17) is 4.74 Å². The van der Waals surface area contributed by atoms with Gasteiger partial charge in [-0.1, -0.05) is 42.0 Å². The number of methoxy groups -OCH3 is 1. The van der Waals surface area contributed by atoms with Crippen LogP contribution in [0.2, 0.25) is 0 Å². The van der Waals surface area contributed by atoms with E-state index in [-0.39, 0.29) is 12.8 Å². The van der Waals surface area contributed by atoms with Crippen molar-refractivity contribution in [2.75, 3.05) is 7.11 Å². The minimum atomic E-state index is -0.959. The van der Waals surface area contributed by atoms with Crippen molar-refractivity contribution >= 4 is 17.8 Å². The zero-order chi connectivity index (χ0) is 21.4. The van der Waals surface area contributed by atoms with Gasteiger partial charge in [-0.3, -0.25) is 9.59 Å². The third-order valence-corrected chi connectivity index (χ3v) is 4.35. The first-order chi connectivity index (χ1) is 13.8. The molecule has 0 heterocycles. The predicted octanol–water partition coefficient (Wildman–Crippen LogP) is 2.08. The van der Waals surface area contributed by atoms with Crippen LogP contribution in [0.25, 0.3) is 0 Å². The lowest BCUT2D eigenvalue weighted by molar-refractivity contribution is -0.145. The second kappa shape index (κ2) is 10.4. The first-order valence-corrected chi connectivity index (χ1v) is 9.23. The molecule has 0 aromatic heterocycles. The number of esters is 1. The number of rotatable bonds is 8. The topological polar surface area (TPSA) is 84.5 Å². The van der Waals surface area contributed by atoms with E-state index < -0.39 is 35.7 Å². The summed E-state index contributed by atoms with van der Waals surface area (Å²) >= 11 is 0. The molecule has 2 atom stereocenters. The molecule has 2 aromatic carbocycles. The van der Waals surface area contributed by atoms with Crippen LogP contribution in [0.4, 0.5) is 4.39 Å².